The van der Waals surface area contributed by atoms with Crippen LogP contribution in [-0.2, 0) is 4.74 Å². The fourth-order valence-corrected chi connectivity index (χ4v) is 3.67. The molecule has 0 bridgehead atoms. The van der Waals surface area contributed by atoms with Gasteiger partial charge in [0.05, 0.1) is 41.6 Å². The Bertz CT molecular complexity index is 996. The number of carbonyl (C=O) groups is 1. The molecule has 1 aliphatic rings. The van der Waals surface area contributed by atoms with Gasteiger partial charge in [0.15, 0.2) is 5.65 Å². The molecule has 2 unspecified atom stereocenters. The Kier molecular flexibility index (Phi) is 4.89. The van der Waals surface area contributed by atoms with Crippen molar-refractivity contribution < 1.29 is 9.53 Å². The molecule has 3 aromatic rings. The predicted molar refractivity (Wildman–Crippen MR) is 109 cm³/mol. The van der Waals surface area contributed by atoms with E-state index in [2.05, 4.69) is 18.9 Å². The largest absolute Gasteiger partial charge is 0.375 e. The second-order valence-electron chi connectivity index (χ2n) is 7.79. The third-order valence-electron chi connectivity index (χ3n) is 5.22. The second-order valence-corrected chi connectivity index (χ2v) is 7.79. The number of hydrogen-bond donors (Lipinski definition) is 0. The normalized spacial score (nSPS) is 20.1. The molecule has 2 aromatic heterocycles. The maximum Gasteiger partial charge on any atom is 0.255 e. The smallest absolute Gasteiger partial charge is 0.255 e. The van der Waals surface area contributed by atoms with Gasteiger partial charge in [-0.05, 0) is 33.8 Å². The van der Waals surface area contributed by atoms with Crippen LogP contribution in [0.5, 0.6) is 0 Å². The lowest BCUT2D eigenvalue weighted by Gasteiger charge is -2.37. The third-order valence-corrected chi connectivity index (χ3v) is 5.22. The van der Waals surface area contributed by atoms with Gasteiger partial charge in [0, 0.05) is 18.2 Å². The van der Waals surface area contributed by atoms with E-state index in [4.69, 9.17) is 9.72 Å². The zero-order valence-corrected chi connectivity index (χ0v) is 16.8. The van der Waals surface area contributed by atoms with Crippen LogP contribution in [-0.4, -0.2) is 50.9 Å². The van der Waals surface area contributed by atoms with E-state index >= 15 is 0 Å². The molecule has 0 aliphatic carbocycles. The molecule has 2 atom stereocenters. The number of fused-ring (bicyclic) bond motifs is 1. The summed E-state index contributed by atoms with van der Waals surface area (Å²) < 4.78 is 7.58. The van der Waals surface area contributed by atoms with Gasteiger partial charge < -0.3 is 9.64 Å². The molecule has 6 nitrogen and oxygen atoms in total. The fourth-order valence-electron chi connectivity index (χ4n) is 3.67. The van der Waals surface area contributed by atoms with Crippen LogP contribution in [0.2, 0.25) is 0 Å². The number of nitrogens with zero attached hydrogens (tertiary/aromatic N) is 4. The van der Waals surface area contributed by atoms with Crippen LogP contribution in [0.25, 0.3) is 22.3 Å². The highest BCUT2D eigenvalue weighted by atomic mass is 16.5. The van der Waals surface area contributed by atoms with Crippen LogP contribution in [0, 0.1) is 0 Å². The first kappa shape index (κ1) is 18.6. The number of amides is 1. The Balaban J connectivity index is 1.88. The minimum Gasteiger partial charge on any atom is -0.375 e. The first-order chi connectivity index (χ1) is 13.5. The number of rotatable bonds is 3. The summed E-state index contributed by atoms with van der Waals surface area (Å²) in [6.45, 7) is 9.30. The van der Waals surface area contributed by atoms with Crippen LogP contribution in [0.3, 0.4) is 0 Å². The van der Waals surface area contributed by atoms with Crippen LogP contribution < -0.4 is 0 Å². The molecule has 146 valence electrons. The molecular weight excluding hydrogens is 352 g/mol. The Morgan fingerprint density at radius 3 is 2.68 bits per heavy atom. The standard InChI is InChI=1S/C22H26N4O2/c1-14(2)26-21-19(11-23-26)18(10-20(24-21)17-8-6-5-7-9-17)22(27)25-12-16(4)28-13-15(25)3/h5-11,14-16H,12-13H2,1-4H3. The van der Waals surface area contributed by atoms with Crippen LogP contribution >= 0.6 is 0 Å². The van der Waals surface area contributed by atoms with E-state index in [1.807, 2.05) is 59.8 Å². The molecule has 0 N–H and O–H groups in total. The lowest BCUT2D eigenvalue weighted by Crippen LogP contribution is -2.50. The molecule has 28 heavy (non-hydrogen) atoms. The average molecular weight is 378 g/mol. The highest BCUT2D eigenvalue weighted by molar-refractivity contribution is 6.06. The molecule has 6 heteroatoms. The summed E-state index contributed by atoms with van der Waals surface area (Å²) in [4.78, 5) is 20.3. The van der Waals surface area contributed by atoms with Crippen LogP contribution in [0.4, 0.5) is 0 Å². The molecule has 1 aromatic carbocycles. The summed E-state index contributed by atoms with van der Waals surface area (Å²) in [6, 6.07) is 12.1. The topological polar surface area (TPSA) is 60.2 Å². The van der Waals surface area contributed by atoms with Crippen LogP contribution in [0.15, 0.2) is 42.6 Å². The van der Waals surface area contributed by atoms with E-state index < -0.39 is 0 Å². The Hall–Kier alpha value is -2.73. The molecule has 3 heterocycles. The zero-order valence-electron chi connectivity index (χ0n) is 16.8. The van der Waals surface area contributed by atoms with Crippen molar-refractivity contribution in [3.8, 4) is 11.3 Å². The Morgan fingerprint density at radius 2 is 1.96 bits per heavy atom. The van der Waals surface area contributed by atoms with E-state index in [9.17, 15) is 4.79 Å². The number of benzene rings is 1. The fraction of sp³-hybridized carbons (Fsp3) is 0.409. The minimum atomic E-state index is 0.00976. The average Bonchev–Trinajstić information content (AvgIpc) is 3.13. The summed E-state index contributed by atoms with van der Waals surface area (Å²) in [6.07, 6.45) is 1.79. The maximum absolute atomic E-state index is 13.5. The number of hydrogen-bond acceptors (Lipinski definition) is 4. The number of carbonyl (C=O) groups excluding carboxylic acids is 1. The Morgan fingerprint density at radius 1 is 1.21 bits per heavy atom. The molecule has 1 aliphatic heterocycles. The van der Waals surface area contributed by atoms with Gasteiger partial charge in [0.2, 0.25) is 0 Å². The monoisotopic (exact) mass is 378 g/mol. The number of morpholine rings is 1. The van der Waals surface area contributed by atoms with Gasteiger partial charge in [-0.15, -0.1) is 0 Å². The van der Waals surface area contributed by atoms with Gasteiger partial charge in [0.25, 0.3) is 5.91 Å². The van der Waals surface area contributed by atoms with Crippen molar-refractivity contribution in [3.05, 3.63) is 48.2 Å². The second kappa shape index (κ2) is 7.36. The SMILES string of the molecule is CC1CN(C(=O)c2cc(-c3ccccc3)nc3c2cnn3C(C)C)C(C)CO1. The molecule has 1 saturated heterocycles. The molecule has 0 spiro atoms. The first-order valence-corrected chi connectivity index (χ1v) is 9.82. The molecule has 0 radical (unpaired) electrons. The third kappa shape index (κ3) is 3.29. The van der Waals surface area contributed by atoms with Crippen molar-refractivity contribution in [2.24, 2.45) is 0 Å². The van der Waals surface area contributed by atoms with Gasteiger partial charge in [-0.25, -0.2) is 9.67 Å². The van der Waals surface area contributed by atoms with Crippen LogP contribution in [0.1, 0.15) is 44.1 Å². The van der Waals surface area contributed by atoms with Crippen molar-refractivity contribution in [3.63, 3.8) is 0 Å². The minimum absolute atomic E-state index is 0.00976. The van der Waals surface area contributed by atoms with Crippen molar-refractivity contribution in [1.82, 2.24) is 19.7 Å². The van der Waals surface area contributed by atoms with E-state index in [1.54, 1.807) is 6.20 Å². The van der Waals surface area contributed by atoms with Crippen molar-refractivity contribution in [2.75, 3.05) is 13.2 Å². The van der Waals surface area contributed by atoms with E-state index in [1.165, 1.54) is 0 Å². The summed E-state index contributed by atoms with van der Waals surface area (Å²) >= 11 is 0. The first-order valence-electron chi connectivity index (χ1n) is 9.82. The number of ether oxygens (including phenoxy) is 1. The molecule has 4 rings (SSSR count). The van der Waals surface area contributed by atoms with Crippen molar-refractivity contribution in [2.45, 2.75) is 45.9 Å². The van der Waals surface area contributed by atoms with E-state index in [0.717, 1.165) is 22.3 Å². The van der Waals surface area contributed by atoms with Crippen molar-refractivity contribution >= 4 is 16.9 Å². The van der Waals surface area contributed by atoms with Crippen molar-refractivity contribution in [1.29, 1.82) is 0 Å². The van der Waals surface area contributed by atoms with Gasteiger partial charge >= 0.3 is 0 Å². The summed E-state index contributed by atoms with van der Waals surface area (Å²) in [5.74, 6) is 0.00976. The predicted octanol–water partition coefficient (Wildman–Crippen LogP) is 3.93. The van der Waals surface area contributed by atoms with Gasteiger partial charge in [0.1, 0.15) is 0 Å². The summed E-state index contributed by atoms with van der Waals surface area (Å²) in [5.41, 5.74) is 3.16. The zero-order chi connectivity index (χ0) is 19.8. The summed E-state index contributed by atoms with van der Waals surface area (Å²) in [7, 11) is 0. The molecular formula is C22H26N4O2. The highest BCUT2D eigenvalue weighted by Gasteiger charge is 2.30. The van der Waals surface area contributed by atoms with Gasteiger partial charge in [-0.3, -0.25) is 4.79 Å². The summed E-state index contributed by atoms with van der Waals surface area (Å²) in [5, 5.41) is 5.31. The lowest BCUT2D eigenvalue weighted by molar-refractivity contribution is -0.0386. The molecule has 1 amide bonds. The van der Waals surface area contributed by atoms with Gasteiger partial charge in [-0.2, -0.15) is 5.10 Å². The van der Waals surface area contributed by atoms with Gasteiger partial charge in [-0.1, -0.05) is 30.3 Å². The Labute approximate surface area is 165 Å². The van der Waals surface area contributed by atoms with E-state index in [-0.39, 0.29) is 24.1 Å². The maximum atomic E-state index is 13.5. The quantitative estimate of drug-likeness (QED) is 0.693. The molecule has 0 saturated carbocycles. The highest BCUT2D eigenvalue weighted by Crippen LogP contribution is 2.28. The molecule has 1 fully saturated rings. The number of aromatic nitrogens is 3. The number of pyridine rings is 1. The lowest BCUT2D eigenvalue weighted by atomic mass is 10.0. The van der Waals surface area contributed by atoms with E-state index in [0.29, 0.717) is 18.7 Å².